The van der Waals surface area contributed by atoms with Crippen molar-refractivity contribution < 1.29 is 19.4 Å². The standard InChI is InChI=1S/C10H17NO4/c1-3-4-11-7-10(2,5-9(13)14)15-6-8(11)12/h3-7H2,1-2H3,(H,13,14). The molecule has 5 nitrogen and oxygen atoms in total. The number of carbonyl (C=O) groups is 2. The van der Waals surface area contributed by atoms with Crippen LogP contribution in [0.1, 0.15) is 26.7 Å². The van der Waals surface area contributed by atoms with Gasteiger partial charge in [0, 0.05) is 6.54 Å². The second-order valence-corrected chi connectivity index (χ2v) is 4.12. The fourth-order valence-electron chi connectivity index (χ4n) is 1.77. The highest BCUT2D eigenvalue weighted by Gasteiger charge is 2.37. The van der Waals surface area contributed by atoms with E-state index in [1.165, 1.54) is 0 Å². The van der Waals surface area contributed by atoms with Crippen LogP contribution in [0.15, 0.2) is 0 Å². The molecule has 15 heavy (non-hydrogen) atoms. The molecule has 1 N–H and O–H groups in total. The van der Waals surface area contributed by atoms with E-state index in [0.717, 1.165) is 6.42 Å². The van der Waals surface area contributed by atoms with E-state index in [1.54, 1.807) is 11.8 Å². The lowest BCUT2D eigenvalue weighted by atomic mass is 9.99. The molecule has 1 rings (SSSR count). The lowest BCUT2D eigenvalue weighted by Crippen LogP contribution is -2.54. The van der Waals surface area contributed by atoms with E-state index in [0.29, 0.717) is 13.1 Å². The van der Waals surface area contributed by atoms with Crippen molar-refractivity contribution >= 4 is 11.9 Å². The molecule has 0 aromatic rings. The minimum Gasteiger partial charge on any atom is -0.481 e. The van der Waals surface area contributed by atoms with Gasteiger partial charge in [0.05, 0.1) is 18.6 Å². The molecule has 0 spiro atoms. The lowest BCUT2D eigenvalue weighted by molar-refractivity contribution is -0.168. The van der Waals surface area contributed by atoms with Crippen molar-refractivity contribution in [3.8, 4) is 0 Å². The zero-order valence-electron chi connectivity index (χ0n) is 9.15. The van der Waals surface area contributed by atoms with E-state index < -0.39 is 11.6 Å². The van der Waals surface area contributed by atoms with Gasteiger partial charge in [-0.25, -0.2) is 0 Å². The zero-order valence-corrected chi connectivity index (χ0v) is 9.15. The average molecular weight is 215 g/mol. The van der Waals surface area contributed by atoms with E-state index in [9.17, 15) is 9.59 Å². The Bertz CT molecular complexity index is 266. The molecule has 1 unspecified atom stereocenters. The van der Waals surface area contributed by atoms with E-state index in [-0.39, 0.29) is 18.9 Å². The molecule has 1 fully saturated rings. The number of carboxylic acids is 1. The normalized spacial score (nSPS) is 26.8. The van der Waals surface area contributed by atoms with Crippen LogP contribution >= 0.6 is 0 Å². The van der Waals surface area contributed by atoms with E-state index in [2.05, 4.69) is 0 Å². The predicted molar refractivity (Wildman–Crippen MR) is 53.5 cm³/mol. The van der Waals surface area contributed by atoms with Crippen LogP contribution < -0.4 is 0 Å². The Kier molecular flexibility index (Phi) is 3.68. The highest BCUT2D eigenvalue weighted by Crippen LogP contribution is 2.22. The van der Waals surface area contributed by atoms with Crippen molar-refractivity contribution in [2.24, 2.45) is 0 Å². The minimum absolute atomic E-state index is 0.0101. The molecule has 0 aliphatic carbocycles. The number of rotatable bonds is 4. The molecule has 0 radical (unpaired) electrons. The Morgan fingerprint density at radius 1 is 1.67 bits per heavy atom. The fraction of sp³-hybridized carbons (Fsp3) is 0.800. The monoisotopic (exact) mass is 215 g/mol. The summed E-state index contributed by atoms with van der Waals surface area (Å²) in [5.41, 5.74) is -0.741. The topological polar surface area (TPSA) is 66.8 Å². The highest BCUT2D eigenvalue weighted by molar-refractivity contribution is 5.78. The van der Waals surface area contributed by atoms with Gasteiger partial charge >= 0.3 is 5.97 Å². The molecule has 1 amide bonds. The van der Waals surface area contributed by atoms with E-state index in [4.69, 9.17) is 9.84 Å². The summed E-state index contributed by atoms with van der Waals surface area (Å²) in [4.78, 5) is 23.7. The number of carbonyl (C=O) groups excluding carboxylic acids is 1. The van der Waals surface area contributed by atoms with Crippen molar-refractivity contribution in [3.63, 3.8) is 0 Å². The number of amides is 1. The number of ether oxygens (including phenoxy) is 1. The molecule has 1 saturated heterocycles. The molecule has 0 aromatic carbocycles. The molecule has 1 aliphatic rings. The van der Waals surface area contributed by atoms with Gasteiger partial charge in [0.1, 0.15) is 6.61 Å². The summed E-state index contributed by atoms with van der Waals surface area (Å²) < 4.78 is 5.29. The molecule has 1 aliphatic heterocycles. The minimum atomic E-state index is -0.900. The summed E-state index contributed by atoms with van der Waals surface area (Å²) in [6, 6.07) is 0. The molecule has 0 bridgehead atoms. The number of aliphatic carboxylic acids is 1. The Labute approximate surface area is 89.0 Å². The second-order valence-electron chi connectivity index (χ2n) is 4.12. The van der Waals surface area contributed by atoms with Gasteiger partial charge in [-0.1, -0.05) is 6.92 Å². The number of carboxylic acid groups (broad SMARTS) is 1. The van der Waals surface area contributed by atoms with E-state index >= 15 is 0 Å². The molecule has 0 saturated carbocycles. The molecular weight excluding hydrogens is 198 g/mol. The fourth-order valence-corrected chi connectivity index (χ4v) is 1.77. The molecule has 1 atom stereocenters. The third kappa shape index (κ3) is 3.20. The van der Waals surface area contributed by atoms with Crippen LogP contribution in [-0.2, 0) is 14.3 Å². The third-order valence-corrected chi connectivity index (χ3v) is 2.44. The summed E-state index contributed by atoms with van der Waals surface area (Å²) in [6.45, 7) is 4.74. The molecule has 1 heterocycles. The van der Waals surface area contributed by atoms with E-state index in [1.807, 2.05) is 6.92 Å². The summed E-state index contributed by atoms with van der Waals surface area (Å²) in [5, 5.41) is 8.73. The summed E-state index contributed by atoms with van der Waals surface area (Å²) in [7, 11) is 0. The zero-order chi connectivity index (χ0) is 11.5. The van der Waals surface area contributed by atoms with Crippen molar-refractivity contribution in [1.29, 1.82) is 0 Å². The maximum atomic E-state index is 11.4. The first-order valence-corrected chi connectivity index (χ1v) is 5.10. The van der Waals surface area contributed by atoms with Crippen LogP contribution in [0.2, 0.25) is 0 Å². The van der Waals surface area contributed by atoms with Crippen LogP contribution in [0.25, 0.3) is 0 Å². The molecule has 5 heteroatoms. The van der Waals surface area contributed by atoms with Crippen molar-refractivity contribution in [3.05, 3.63) is 0 Å². The Balaban J connectivity index is 2.63. The maximum absolute atomic E-state index is 11.4. The van der Waals surface area contributed by atoms with Gasteiger partial charge in [-0.15, -0.1) is 0 Å². The van der Waals surface area contributed by atoms with Crippen molar-refractivity contribution in [2.45, 2.75) is 32.3 Å². The summed E-state index contributed by atoms with van der Waals surface area (Å²) in [5.74, 6) is -0.956. The lowest BCUT2D eigenvalue weighted by Gasteiger charge is -2.39. The predicted octanol–water partition coefficient (Wildman–Crippen LogP) is 0.489. The average Bonchev–Trinajstić information content (AvgIpc) is 2.11. The summed E-state index contributed by atoms with van der Waals surface area (Å²) >= 11 is 0. The molecule has 0 aromatic heterocycles. The van der Waals surface area contributed by atoms with Crippen LogP contribution in [0.3, 0.4) is 0 Å². The molecular formula is C10H17NO4. The van der Waals surface area contributed by atoms with Crippen LogP contribution in [0.5, 0.6) is 0 Å². The van der Waals surface area contributed by atoms with Crippen molar-refractivity contribution in [1.82, 2.24) is 4.90 Å². The number of morpholine rings is 1. The number of nitrogens with zero attached hydrogens (tertiary/aromatic N) is 1. The van der Waals surface area contributed by atoms with Crippen LogP contribution in [-0.4, -0.2) is 47.2 Å². The van der Waals surface area contributed by atoms with Crippen molar-refractivity contribution in [2.75, 3.05) is 19.7 Å². The highest BCUT2D eigenvalue weighted by atomic mass is 16.5. The van der Waals surface area contributed by atoms with Gasteiger partial charge in [-0.3, -0.25) is 9.59 Å². The number of hydrogen-bond acceptors (Lipinski definition) is 3. The van der Waals surface area contributed by atoms with Gasteiger partial charge in [-0.05, 0) is 13.3 Å². The van der Waals surface area contributed by atoms with Crippen LogP contribution in [0.4, 0.5) is 0 Å². The largest absolute Gasteiger partial charge is 0.481 e. The first-order chi connectivity index (χ1) is 6.97. The Morgan fingerprint density at radius 2 is 2.33 bits per heavy atom. The maximum Gasteiger partial charge on any atom is 0.306 e. The third-order valence-electron chi connectivity index (χ3n) is 2.44. The Morgan fingerprint density at radius 3 is 2.87 bits per heavy atom. The SMILES string of the molecule is CCCN1CC(C)(CC(=O)O)OCC1=O. The van der Waals surface area contributed by atoms with Gasteiger partial charge in [0.2, 0.25) is 5.91 Å². The van der Waals surface area contributed by atoms with Crippen LogP contribution in [0, 0.1) is 0 Å². The van der Waals surface area contributed by atoms with Gasteiger partial charge in [0.25, 0.3) is 0 Å². The first-order valence-electron chi connectivity index (χ1n) is 5.10. The van der Waals surface area contributed by atoms with Gasteiger partial charge in [0.15, 0.2) is 0 Å². The number of hydrogen-bond donors (Lipinski definition) is 1. The smallest absolute Gasteiger partial charge is 0.306 e. The van der Waals surface area contributed by atoms with Gasteiger partial charge < -0.3 is 14.7 Å². The first kappa shape index (κ1) is 12.0. The summed E-state index contributed by atoms with van der Waals surface area (Å²) in [6.07, 6.45) is 0.801. The quantitative estimate of drug-likeness (QED) is 0.741. The van der Waals surface area contributed by atoms with Gasteiger partial charge in [-0.2, -0.15) is 0 Å². The Hall–Kier alpha value is -1.10. The second kappa shape index (κ2) is 4.61. The molecule has 86 valence electrons.